The molecular formula is C13H19N5O2. The maximum absolute atomic E-state index is 11.9. The van der Waals surface area contributed by atoms with Crippen LogP contribution in [0.25, 0.3) is 11.5 Å². The van der Waals surface area contributed by atoms with Gasteiger partial charge in [-0.25, -0.2) is 9.78 Å². The van der Waals surface area contributed by atoms with Crippen LogP contribution in [-0.4, -0.2) is 24.3 Å². The summed E-state index contributed by atoms with van der Waals surface area (Å²) in [4.78, 5) is 27.9. The second-order valence-electron chi connectivity index (χ2n) is 4.83. The lowest BCUT2D eigenvalue weighted by Crippen LogP contribution is -2.37. The number of aromatic amines is 1. The first-order chi connectivity index (χ1) is 9.54. The van der Waals surface area contributed by atoms with Crippen molar-refractivity contribution in [1.82, 2.24) is 24.3 Å². The number of nitrogens with one attached hydrogen (secondary N) is 1. The molecule has 0 aliphatic heterocycles. The van der Waals surface area contributed by atoms with Crippen LogP contribution in [0.1, 0.15) is 32.0 Å². The van der Waals surface area contributed by atoms with Gasteiger partial charge in [-0.05, 0) is 6.42 Å². The Hall–Kier alpha value is -2.18. The summed E-state index contributed by atoms with van der Waals surface area (Å²) in [6.45, 7) is 2.14. The zero-order chi connectivity index (χ0) is 14.7. The van der Waals surface area contributed by atoms with E-state index >= 15 is 0 Å². The number of hydrogen-bond acceptors (Lipinski definition) is 4. The molecule has 2 aromatic heterocycles. The molecule has 0 amide bonds. The molecule has 0 spiro atoms. The Morgan fingerprint density at radius 2 is 1.95 bits per heavy atom. The molecule has 20 heavy (non-hydrogen) atoms. The van der Waals surface area contributed by atoms with Crippen molar-refractivity contribution in [2.45, 2.75) is 32.6 Å². The Labute approximate surface area is 116 Å². The van der Waals surface area contributed by atoms with E-state index in [4.69, 9.17) is 0 Å². The third-order valence-electron chi connectivity index (χ3n) is 3.30. The van der Waals surface area contributed by atoms with Gasteiger partial charge in [0.15, 0.2) is 5.82 Å². The van der Waals surface area contributed by atoms with Crippen LogP contribution in [0, 0.1) is 0 Å². The number of H-pyrrole nitrogens is 1. The Kier molecular flexibility index (Phi) is 4.16. The number of rotatable bonds is 5. The molecule has 0 atom stereocenters. The lowest BCUT2D eigenvalue weighted by molar-refractivity contribution is 0.688. The highest BCUT2D eigenvalue weighted by molar-refractivity contribution is 5.48. The number of unbranched alkanes of at least 4 members (excludes halogenated alkanes) is 2. The average molecular weight is 277 g/mol. The van der Waals surface area contributed by atoms with E-state index in [1.54, 1.807) is 7.05 Å². The highest BCUT2D eigenvalue weighted by atomic mass is 16.2. The Bertz CT molecular complexity index is 710. The number of aromatic nitrogens is 5. The summed E-state index contributed by atoms with van der Waals surface area (Å²) in [6, 6.07) is 1.38. The normalized spacial score (nSPS) is 10.9. The second-order valence-corrected chi connectivity index (χ2v) is 4.83. The van der Waals surface area contributed by atoms with Gasteiger partial charge in [0.2, 0.25) is 0 Å². The van der Waals surface area contributed by atoms with Crippen molar-refractivity contribution in [1.29, 1.82) is 0 Å². The lowest BCUT2D eigenvalue weighted by Gasteiger charge is -2.05. The Morgan fingerprint density at radius 1 is 1.20 bits per heavy atom. The van der Waals surface area contributed by atoms with Gasteiger partial charge in [0, 0.05) is 26.6 Å². The molecule has 7 heteroatoms. The summed E-state index contributed by atoms with van der Waals surface area (Å²) in [7, 11) is 3.05. The van der Waals surface area contributed by atoms with Gasteiger partial charge in [-0.15, -0.1) is 0 Å². The first kappa shape index (κ1) is 14.2. The van der Waals surface area contributed by atoms with Gasteiger partial charge in [-0.3, -0.25) is 19.0 Å². The summed E-state index contributed by atoms with van der Waals surface area (Å²) < 4.78 is 2.43. The Morgan fingerprint density at radius 3 is 2.65 bits per heavy atom. The summed E-state index contributed by atoms with van der Waals surface area (Å²) in [6.07, 6.45) is 4.14. The van der Waals surface area contributed by atoms with Crippen LogP contribution in [0.3, 0.4) is 0 Å². The molecule has 0 aromatic carbocycles. The van der Waals surface area contributed by atoms with E-state index < -0.39 is 0 Å². The number of aryl methyl sites for hydroxylation is 1. The van der Waals surface area contributed by atoms with E-state index in [0.717, 1.165) is 36.1 Å². The fourth-order valence-corrected chi connectivity index (χ4v) is 2.01. The minimum absolute atomic E-state index is 0.361. The van der Waals surface area contributed by atoms with Gasteiger partial charge < -0.3 is 0 Å². The van der Waals surface area contributed by atoms with E-state index in [1.165, 1.54) is 17.7 Å². The molecule has 0 aliphatic carbocycles. The van der Waals surface area contributed by atoms with Gasteiger partial charge in [-0.2, -0.15) is 5.10 Å². The van der Waals surface area contributed by atoms with Crippen molar-refractivity contribution in [3.63, 3.8) is 0 Å². The van der Waals surface area contributed by atoms with Crippen molar-refractivity contribution in [2.24, 2.45) is 14.1 Å². The molecule has 0 aliphatic rings. The lowest BCUT2D eigenvalue weighted by atomic mass is 10.2. The predicted octanol–water partition coefficient (Wildman–Crippen LogP) is 0.602. The summed E-state index contributed by atoms with van der Waals surface area (Å²) in [5.41, 5.74) is -0.318. The fraction of sp³-hybridized carbons (Fsp3) is 0.538. The zero-order valence-corrected chi connectivity index (χ0v) is 12.0. The molecule has 2 aromatic rings. The van der Waals surface area contributed by atoms with Crippen LogP contribution in [0.2, 0.25) is 0 Å². The average Bonchev–Trinajstić information content (AvgIpc) is 2.89. The molecule has 108 valence electrons. The maximum Gasteiger partial charge on any atom is 0.331 e. The molecule has 2 rings (SSSR count). The standard InChI is InChI=1S/C13H19N5O2/c1-4-5-6-7-10-14-12(16-15-10)9-8-11(19)18(3)13(20)17(9)2/h8H,4-7H2,1-3H3,(H,14,15,16). The monoisotopic (exact) mass is 277 g/mol. The largest absolute Gasteiger partial charge is 0.331 e. The highest BCUT2D eigenvalue weighted by Gasteiger charge is 2.12. The maximum atomic E-state index is 11.9. The van der Waals surface area contributed by atoms with Crippen LogP contribution in [0.5, 0.6) is 0 Å². The van der Waals surface area contributed by atoms with Gasteiger partial charge in [-0.1, -0.05) is 19.8 Å². The van der Waals surface area contributed by atoms with E-state index in [0.29, 0.717) is 11.5 Å². The first-order valence-electron chi connectivity index (χ1n) is 6.73. The van der Waals surface area contributed by atoms with E-state index in [2.05, 4.69) is 22.1 Å². The van der Waals surface area contributed by atoms with Crippen molar-refractivity contribution in [3.8, 4) is 11.5 Å². The van der Waals surface area contributed by atoms with Crippen molar-refractivity contribution in [3.05, 3.63) is 32.7 Å². The van der Waals surface area contributed by atoms with Crippen LogP contribution >= 0.6 is 0 Å². The van der Waals surface area contributed by atoms with Gasteiger partial charge in [0.25, 0.3) is 5.56 Å². The van der Waals surface area contributed by atoms with E-state index in [1.807, 2.05) is 0 Å². The third kappa shape index (κ3) is 2.71. The smallest absolute Gasteiger partial charge is 0.293 e. The molecule has 1 N–H and O–H groups in total. The van der Waals surface area contributed by atoms with Gasteiger partial charge in [0.05, 0.1) is 5.69 Å². The number of nitrogens with zero attached hydrogens (tertiary/aromatic N) is 4. The molecule has 2 heterocycles. The third-order valence-corrected chi connectivity index (χ3v) is 3.30. The summed E-state index contributed by atoms with van der Waals surface area (Å²) >= 11 is 0. The topological polar surface area (TPSA) is 85.6 Å². The van der Waals surface area contributed by atoms with Gasteiger partial charge in [0.1, 0.15) is 5.82 Å². The highest BCUT2D eigenvalue weighted by Crippen LogP contribution is 2.11. The molecule has 0 bridgehead atoms. The fourth-order valence-electron chi connectivity index (χ4n) is 2.01. The van der Waals surface area contributed by atoms with Crippen molar-refractivity contribution < 1.29 is 0 Å². The predicted molar refractivity (Wildman–Crippen MR) is 75.5 cm³/mol. The van der Waals surface area contributed by atoms with Crippen LogP contribution in [0.4, 0.5) is 0 Å². The van der Waals surface area contributed by atoms with Crippen molar-refractivity contribution in [2.75, 3.05) is 0 Å². The van der Waals surface area contributed by atoms with Crippen LogP contribution in [0.15, 0.2) is 15.7 Å². The SMILES string of the molecule is CCCCCc1nc(-c2cc(=O)n(C)c(=O)n2C)n[nH]1. The molecule has 7 nitrogen and oxygen atoms in total. The number of hydrogen-bond donors (Lipinski definition) is 1. The summed E-state index contributed by atoms with van der Waals surface area (Å²) in [5, 5.41) is 6.95. The van der Waals surface area contributed by atoms with E-state index in [-0.39, 0.29) is 11.2 Å². The molecule has 0 saturated heterocycles. The summed E-state index contributed by atoms with van der Waals surface area (Å²) in [5.74, 6) is 1.16. The van der Waals surface area contributed by atoms with Crippen molar-refractivity contribution >= 4 is 0 Å². The van der Waals surface area contributed by atoms with E-state index in [9.17, 15) is 9.59 Å². The second kappa shape index (κ2) is 5.85. The Balaban J connectivity index is 2.33. The zero-order valence-electron chi connectivity index (χ0n) is 12.0. The molecule has 0 fully saturated rings. The van der Waals surface area contributed by atoms with Crippen LogP contribution < -0.4 is 11.2 Å². The quantitative estimate of drug-likeness (QED) is 0.811. The first-order valence-corrected chi connectivity index (χ1v) is 6.73. The molecule has 0 unspecified atom stereocenters. The molecule has 0 saturated carbocycles. The minimum atomic E-state index is -0.384. The molecular weight excluding hydrogens is 258 g/mol. The van der Waals surface area contributed by atoms with Crippen LogP contribution in [-0.2, 0) is 20.5 Å². The minimum Gasteiger partial charge on any atom is -0.293 e. The molecule has 0 radical (unpaired) electrons. The van der Waals surface area contributed by atoms with Gasteiger partial charge >= 0.3 is 5.69 Å².